The Labute approximate surface area is 106 Å². The molecule has 1 unspecified atom stereocenters. The summed E-state index contributed by atoms with van der Waals surface area (Å²) in [5.41, 5.74) is 4.18. The van der Waals surface area contributed by atoms with E-state index >= 15 is 0 Å². The molecule has 1 aromatic carbocycles. The number of hydrogen-bond donors (Lipinski definition) is 1. The van der Waals surface area contributed by atoms with Crippen LogP contribution in [0.3, 0.4) is 0 Å². The molecule has 1 aliphatic rings. The van der Waals surface area contributed by atoms with Gasteiger partial charge in [0.15, 0.2) is 0 Å². The van der Waals surface area contributed by atoms with Crippen LogP contribution in [0.15, 0.2) is 53.9 Å². The Kier molecular flexibility index (Phi) is 2.81. The molecular weight excluding hydrogens is 224 g/mol. The summed E-state index contributed by atoms with van der Waals surface area (Å²) in [4.78, 5) is 4.15. The van der Waals surface area contributed by atoms with Crippen LogP contribution in [0.5, 0.6) is 0 Å². The van der Waals surface area contributed by atoms with Crippen molar-refractivity contribution in [3.63, 3.8) is 0 Å². The number of aromatic nitrogens is 1. The summed E-state index contributed by atoms with van der Waals surface area (Å²) < 4.78 is 0. The van der Waals surface area contributed by atoms with E-state index in [1.165, 1.54) is 5.56 Å². The van der Waals surface area contributed by atoms with Gasteiger partial charge in [-0.25, -0.2) is 0 Å². The highest BCUT2D eigenvalue weighted by Gasteiger charge is 2.27. The van der Waals surface area contributed by atoms with Crippen LogP contribution in [0, 0.1) is 0 Å². The summed E-state index contributed by atoms with van der Waals surface area (Å²) in [5, 5.41) is 12.9. The standard InChI is InChI=1S/C15H14N2O/c18-17-15-13-6-2-1-4-11(13)7-8-14(15)12-5-3-9-16-10-12/h1-6,9-10,14,18H,7-8H2. The van der Waals surface area contributed by atoms with Gasteiger partial charge in [0.25, 0.3) is 0 Å². The SMILES string of the molecule is ON=C1c2ccccc2CCC1c1cccnc1. The first kappa shape index (κ1) is 11.0. The highest BCUT2D eigenvalue weighted by molar-refractivity contribution is 6.06. The monoisotopic (exact) mass is 238 g/mol. The number of hydrogen-bond acceptors (Lipinski definition) is 3. The molecule has 1 heterocycles. The van der Waals surface area contributed by atoms with Crippen LogP contribution in [0.1, 0.15) is 29.0 Å². The highest BCUT2D eigenvalue weighted by atomic mass is 16.4. The maximum absolute atomic E-state index is 9.34. The predicted molar refractivity (Wildman–Crippen MR) is 70.1 cm³/mol. The van der Waals surface area contributed by atoms with Gasteiger partial charge in [-0.05, 0) is 30.0 Å². The van der Waals surface area contributed by atoms with Gasteiger partial charge in [0.2, 0.25) is 0 Å². The molecule has 3 rings (SSSR count). The minimum atomic E-state index is 0.138. The third kappa shape index (κ3) is 1.78. The van der Waals surface area contributed by atoms with Crippen LogP contribution in [0.25, 0.3) is 0 Å². The number of nitrogens with zero attached hydrogens (tertiary/aromatic N) is 2. The second kappa shape index (κ2) is 4.61. The zero-order valence-electron chi connectivity index (χ0n) is 9.95. The summed E-state index contributed by atoms with van der Waals surface area (Å²) in [5.74, 6) is 0.138. The molecule has 0 saturated heterocycles. The number of aryl methyl sites for hydroxylation is 1. The molecule has 1 atom stereocenters. The topological polar surface area (TPSA) is 45.5 Å². The van der Waals surface area contributed by atoms with Gasteiger partial charge >= 0.3 is 0 Å². The number of pyridine rings is 1. The second-order valence-electron chi connectivity index (χ2n) is 4.52. The van der Waals surface area contributed by atoms with E-state index in [1.807, 2.05) is 36.5 Å². The van der Waals surface area contributed by atoms with E-state index < -0.39 is 0 Å². The summed E-state index contributed by atoms with van der Waals surface area (Å²) in [6, 6.07) is 12.1. The molecular formula is C15H14N2O. The molecule has 0 radical (unpaired) electrons. The fourth-order valence-corrected chi connectivity index (χ4v) is 2.64. The Morgan fingerprint density at radius 2 is 2.06 bits per heavy atom. The first-order chi connectivity index (χ1) is 8.90. The van der Waals surface area contributed by atoms with Crippen molar-refractivity contribution in [1.29, 1.82) is 0 Å². The van der Waals surface area contributed by atoms with Crippen LogP contribution in [-0.2, 0) is 6.42 Å². The van der Waals surface area contributed by atoms with Crippen LogP contribution < -0.4 is 0 Å². The molecule has 0 saturated carbocycles. The normalized spacial score (nSPS) is 20.7. The number of rotatable bonds is 1. The zero-order chi connectivity index (χ0) is 12.4. The Balaban J connectivity index is 2.06. The van der Waals surface area contributed by atoms with E-state index in [0.717, 1.165) is 29.7 Å². The van der Waals surface area contributed by atoms with Crippen molar-refractivity contribution in [3.8, 4) is 0 Å². The molecule has 0 spiro atoms. The number of oxime groups is 1. The van der Waals surface area contributed by atoms with E-state index in [2.05, 4.69) is 16.2 Å². The smallest absolute Gasteiger partial charge is 0.0945 e. The van der Waals surface area contributed by atoms with Crippen LogP contribution in [0.2, 0.25) is 0 Å². The van der Waals surface area contributed by atoms with Gasteiger partial charge in [-0.2, -0.15) is 0 Å². The Hall–Kier alpha value is -2.16. The molecule has 1 aliphatic carbocycles. The number of benzene rings is 1. The first-order valence-electron chi connectivity index (χ1n) is 6.10. The van der Waals surface area contributed by atoms with Crippen molar-refractivity contribution in [2.24, 2.45) is 5.16 Å². The van der Waals surface area contributed by atoms with Crippen molar-refractivity contribution < 1.29 is 5.21 Å². The van der Waals surface area contributed by atoms with E-state index in [1.54, 1.807) is 6.20 Å². The molecule has 0 bridgehead atoms. The fraction of sp³-hybridized carbons (Fsp3) is 0.200. The predicted octanol–water partition coefficient (Wildman–Crippen LogP) is 2.99. The van der Waals surface area contributed by atoms with Crippen molar-refractivity contribution in [3.05, 3.63) is 65.5 Å². The van der Waals surface area contributed by atoms with Crippen molar-refractivity contribution in [1.82, 2.24) is 4.98 Å². The lowest BCUT2D eigenvalue weighted by molar-refractivity contribution is 0.316. The summed E-state index contributed by atoms with van der Waals surface area (Å²) >= 11 is 0. The quantitative estimate of drug-likeness (QED) is 0.613. The van der Waals surface area contributed by atoms with Gasteiger partial charge in [0.05, 0.1) is 5.71 Å². The van der Waals surface area contributed by atoms with Gasteiger partial charge in [-0.1, -0.05) is 35.5 Å². The molecule has 1 N–H and O–H groups in total. The average Bonchev–Trinajstić information content (AvgIpc) is 2.47. The molecule has 3 heteroatoms. The molecule has 0 aliphatic heterocycles. The largest absolute Gasteiger partial charge is 0.411 e. The Morgan fingerprint density at radius 1 is 1.17 bits per heavy atom. The zero-order valence-corrected chi connectivity index (χ0v) is 9.95. The van der Waals surface area contributed by atoms with E-state index in [4.69, 9.17) is 0 Å². The number of fused-ring (bicyclic) bond motifs is 1. The second-order valence-corrected chi connectivity index (χ2v) is 4.52. The maximum atomic E-state index is 9.34. The third-order valence-corrected chi connectivity index (χ3v) is 3.52. The molecule has 1 aromatic heterocycles. The molecule has 3 nitrogen and oxygen atoms in total. The lowest BCUT2D eigenvalue weighted by Gasteiger charge is -2.25. The van der Waals surface area contributed by atoms with Crippen molar-refractivity contribution >= 4 is 5.71 Å². The van der Waals surface area contributed by atoms with Crippen molar-refractivity contribution in [2.75, 3.05) is 0 Å². The molecule has 90 valence electrons. The minimum Gasteiger partial charge on any atom is -0.411 e. The molecule has 2 aromatic rings. The van der Waals surface area contributed by atoms with Gasteiger partial charge in [0.1, 0.15) is 0 Å². The lowest BCUT2D eigenvalue weighted by atomic mass is 9.79. The Morgan fingerprint density at radius 3 is 2.83 bits per heavy atom. The van der Waals surface area contributed by atoms with E-state index in [9.17, 15) is 5.21 Å². The average molecular weight is 238 g/mol. The Bertz CT molecular complexity index is 578. The van der Waals surface area contributed by atoms with Gasteiger partial charge in [0, 0.05) is 23.9 Å². The van der Waals surface area contributed by atoms with Crippen LogP contribution >= 0.6 is 0 Å². The fourth-order valence-electron chi connectivity index (χ4n) is 2.64. The molecule has 18 heavy (non-hydrogen) atoms. The van der Waals surface area contributed by atoms with Gasteiger partial charge < -0.3 is 5.21 Å². The van der Waals surface area contributed by atoms with E-state index in [0.29, 0.717) is 0 Å². The molecule has 0 amide bonds. The third-order valence-electron chi connectivity index (χ3n) is 3.52. The first-order valence-corrected chi connectivity index (χ1v) is 6.10. The van der Waals surface area contributed by atoms with Gasteiger partial charge in [-0.3, -0.25) is 4.98 Å². The lowest BCUT2D eigenvalue weighted by Crippen LogP contribution is -2.22. The van der Waals surface area contributed by atoms with Gasteiger partial charge in [-0.15, -0.1) is 0 Å². The summed E-state index contributed by atoms with van der Waals surface area (Å²) in [7, 11) is 0. The van der Waals surface area contributed by atoms with Crippen molar-refractivity contribution in [2.45, 2.75) is 18.8 Å². The van der Waals surface area contributed by atoms with Crippen LogP contribution in [-0.4, -0.2) is 15.9 Å². The highest BCUT2D eigenvalue weighted by Crippen LogP contribution is 2.32. The summed E-state index contributed by atoms with van der Waals surface area (Å²) in [6.07, 6.45) is 5.58. The van der Waals surface area contributed by atoms with E-state index in [-0.39, 0.29) is 5.92 Å². The van der Waals surface area contributed by atoms with Crippen LogP contribution in [0.4, 0.5) is 0 Å². The molecule has 0 fully saturated rings. The maximum Gasteiger partial charge on any atom is 0.0945 e. The summed E-state index contributed by atoms with van der Waals surface area (Å²) in [6.45, 7) is 0. The minimum absolute atomic E-state index is 0.138.